The average Bonchev–Trinajstić information content (AvgIpc) is 2.49. The van der Waals surface area contributed by atoms with Gasteiger partial charge < -0.3 is 0 Å². The van der Waals surface area contributed by atoms with Crippen LogP contribution in [0.4, 0.5) is 0 Å². The van der Waals surface area contributed by atoms with E-state index in [1.54, 1.807) is 18.2 Å². The van der Waals surface area contributed by atoms with E-state index >= 15 is 0 Å². The minimum atomic E-state index is -2.53. The predicted octanol–water partition coefficient (Wildman–Crippen LogP) is 0.533. The third-order valence-corrected chi connectivity index (χ3v) is 2.44. The Morgan fingerprint density at radius 3 is 2.92 bits per heavy atom. The van der Waals surface area contributed by atoms with E-state index in [4.69, 9.17) is 0 Å². The molecule has 2 aromatic rings. The van der Waals surface area contributed by atoms with Gasteiger partial charge in [-0.3, -0.25) is 5.10 Å². The lowest BCUT2D eigenvalue weighted by molar-refractivity contribution is 0.615. The topological polar surface area (TPSA) is 62.8 Å². The molecule has 0 aliphatic heterocycles. The highest BCUT2D eigenvalue weighted by Crippen LogP contribution is 2.16. The van der Waals surface area contributed by atoms with E-state index in [0.29, 0.717) is 10.3 Å². The molecule has 1 N–H and O–H groups in total. The van der Waals surface area contributed by atoms with Crippen LogP contribution in [0.2, 0.25) is 0 Å². The van der Waals surface area contributed by atoms with E-state index in [2.05, 4.69) is 10.2 Å². The second kappa shape index (κ2) is 2.60. The number of nitrogens with zero attached hydrogens (tertiary/aromatic N) is 1. The zero-order chi connectivity index (χ0) is 8.55. The molecule has 0 amide bonds. The maximum atomic E-state index is 10.7. The minimum Gasteiger partial charge on any atom is -0.278 e. The summed E-state index contributed by atoms with van der Waals surface area (Å²) in [5.74, 6) is 0. The molecule has 12 heavy (non-hydrogen) atoms. The van der Waals surface area contributed by atoms with Crippen molar-refractivity contribution in [1.29, 1.82) is 0 Å². The van der Waals surface area contributed by atoms with Crippen molar-refractivity contribution in [2.75, 3.05) is 0 Å². The lowest BCUT2D eigenvalue weighted by Crippen LogP contribution is -1.79. The molecule has 0 aliphatic carbocycles. The number of hydrogen-bond donors (Lipinski definition) is 2. The maximum Gasteiger partial charge on any atom is 0.169 e. The second-order valence-electron chi connectivity index (χ2n) is 2.37. The van der Waals surface area contributed by atoms with E-state index in [9.17, 15) is 8.42 Å². The summed E-state index contributed by atoms with van der Waals surface area (Å²) in [5.41, 5.74) is 0.742. The van der Waals surface area contributed by atoms with E-state index in [0.717, 1.165) is 5.52 Å². The van der Waals surface area contributed by atoms with Crippen LogP contribution >= 0.6 is 0 Å². The zero-order valence-corrected chi connectivity index (χ0v) is 6.91. The van der Waals surface area contributed by atoms with Crippen LogP contribution in [-0.2, 0) is 10.7 Å². The van der Waals surface area contributed by atoms with Gasteiger partial charge >= 0.3 is 0 Å². The Labute approximate surface area is 70.2 Å². The van der Waals surface area contributed by atoms with Gasteiger partial charge in [0, 0.05) is 5.39 Å². The van der Waals surface area contributed by atoms with Gasteiger partial charge in [0.05, 0.1) is 16.6 Å². The molecule has 62 valence electrons. The molecule has 0 unspecified atom stereocenters. The Morgan fingerprint density at radius 1 is 1.33 bits per heavy atom. The lowest BCUT2D eigenvalue weighted by atomic mass is 10.3. The van der Waals surface area contributed by atoms with Crippen LogP contribution in [0, 0.1) is 0 Å². The van der Waals surface area contributed by atoms with Gasteiger partial charge in [0.25, 0.3) is 0 Å². The van der Waals surface area contributed by atoms with Crippen molar-refractivity contribution in [3.8, 4) is 0 Å². The second-order valence-corrected chi connectivity index (χ2v) is 3.36. The van der Waals surface area contributed by atoms with Crippen molar-refractivity contribution in [2.45, 2.75) is 4.90 Å². The number of hydrogen-bond acceptors (Lipinski definition) is 3. The first-order chi connectivity index (χ1) is 5.79. The SMILES string of the molecule is O=[SH](=O)c1cccc2[nH]ncc12. The number of benzene rings is 1. The smallest absolute Gasteiger partial charge is 0.169 e. The first kappa shape index (κ1) is 7.30. The van der Waals surface area contributed by atoms with Crippen molar-refractivity contribution in [3.63, 3.8) is 0 Å². The van der Waals surface area contributed by atoms with Gasteiger partial charge in [0.2, 0.25) is 0 Å². The Bertz CT molecular complexity index is 479. The van der Waals surface area contributed by atoms with Crippen LogP contribution in [0.1, 0.15) is 0 Å². The Kier molecular flexibility index (Phi) is 1.58. The van der Waals surface area contributed by atoms with Crippen LogP contribution in [-0.4, -0.2) is 18.6 Å². The summed E-state index contributed by atoms with van der Waals surface area (Å²) in [4.78, 5) is 0.316. The number of aromatic nitrogens is 2. The molecule has 0 saturated heterocycles. The highest BCUT2D eigenvalue weighted by atomic mass is 32.2. The first-order valence-corrected chi connectivity index (χ1v) is 4.53. The van der Waals surface area contributed by atoms with Crippen molar-refractivity contribution < 1.29 is 8.42 Å². The van der Waals surface area contributed by atoms with E-state index in [-0.39, 0.29) is 0 Å². The average molecular weight is 182 g/mol. The number of fused-ring (bicyclic) bond motifs is 1. The minimum absolute atomic E-state index is 0.316. The van der Waals surface area contributed by atoms with Gasteiger partial charge in [0.1, 0.15) is 0 Å². The van der Waals surface area contributed by atoms with Crippen LogP contribution < -0.4 is 0 Å². The Hall–Kier alpha value is -1.36. The molecule has 5 heteroatoms. The maximum absolute atomic E-state index is 10.7. The number of thiol groups is 1. The van der Waals surface area contributed by atoms with Crippen LogP contribution in [0.5, 0.6) is 0 Å². The third-order valence-electron chi connectivity index (χ3n) is 1.66. The van der Waals surface area contributed by atoms with E-state index in [1.807, 2.05) is 0 Å². The summed E-state index contributed by atoms with van der Waals surface area (Å²) in [5, 5.41) is 7.10. The monoisotopic (exact) mass is 182 g/mol. The van der Waals surface area contributed by atoms with Gasteiger partial charge in [0.15, 0.2) is 10.7 Å². The van der Waals surface area contributed by atoms with Gasteiger partial charge in [-0.1, -0.05) is 6.07 Å². The lowest BCUT2D eigenvalue weighted by Gasteiger charge is -1.90. The van der Waals surface area contributed by atoms with Gasteiger partial charge in [-0.2, -0.15) is 5.10 Å². The largest absolute Gasteiger partial charge is 0.278 e. The molecule has 1 heterocycles. The van der Waals surface area contributed by atoms with E-state index < -0.39 is 10.7 Å². The highest BCUT2D eigenvalue weighted by Gasteiger charge is 2.02. The number of rotatable bonds is 1. The molecular formula is C7H6N2O2S. The Morgan fingerprint density at radius 2 is 2.17 bits per heavy atom. The number of nitrogens with one attached hydrogen (secondary N) is 1. The molecule has 2 rings (SSSR count). The quantitative estimate of drug-likeness (QED) is 0.632. The predicted molar refractivity (Wildman–Crippen MR) is 44.7 cm³/mol. The van der Waals surface area contributed by atoms with Crippen LogP contribution in [0.25, 0.3) is 10.9 Å². The van der Waals surface area contributed by atoms with E-state index in [1.165, 1.54) is 6.20 Å². The summed E-state index contributed by atoms with van der Waals surface area (Å²) >= 11 is 0. The molecule has 0 fully saturated rings. The summed E-state index contributed by atoms with van der Waals surface area (Å²) in [6.07, 6.45) is 1.51. The number of aromatic amines is 1. The van der Waals surface area contributed by atoms with Crippen LogP contribution in [0.15, 0.2) is 29.3 Å². The fourth-order valence-electron chi connectivity index (χ4n) is 1.11. The van der Waals surface area contributed by atoms with Crippen LogP contribution in [0.3, 0.4) is 0 Å². The van der Waals surface area contributed by atoms with Crippen molar-refractivity contribution in [3.05, 3.63) is 24.4 Å². The summed E-state index contributed by atoms with van der Waals surface area (Å²) < 4.78 is 21.4. The first-order valence-electron chi connectivity index (χ1n) is 3.35. The molecule has 4 nitrogen and oxygen atoms in total. The molecule has 0 bridgehead atoms. The Balaban J connectivity index is 2.91. The molecule has 0 radical (unpaired) electrons. The molecular weight excluding hydrogens is 176 g/mol. The molecule has 0 saturated carbocycles. The fraction of sp³-hybridized carbons (Fsp3) is 0. The molecule has 0 spiro atoms. The zero-order valence-electron chi connectivity index (χ0n) is 6.02. The molecule has 1 aromatic heterocycles. The van der Waals surface area contributed by atoms with Gasteiger partial charge in [-0.25, -0.2) is 8.42 Å². The summed E-state index contributed by atoms with van der Waals surface area (Å²) in [7, 11) is -2.53. The highest BCUT2D eigenvalue weighted by molar-refractivity contribution is 7.72. The molecule has 0 atom stereocenters. The van der Waals surface area contributed by atoms with Gasteiger partial charge in [-0.05, 0) is 12.1 Å². The van der Waals surface area contributed by atoms with Crippen molar-refractivity contribution in [2.24, 2.45) is 0 Å². The molecule has 1 aromatic carbocycles. The standard InChI is InChI=1S/C7H6N2O2S/c10-12(11)7-3-1-2-6-5(7)4-8-9-6/h1-4,12H,(H,8,9). The fourth-order valence-corrected chi connectivity index (χ4v) is 1.69. The number of H-pyrrole nitrogens is 1. The van der Waals surface area contributed by atoms with Gasteiger partial charge in [-0.15, -0.1) is 0 Å². The van der Waals surface area contributed by atoms with Crippen molar-refractivity contribution in [1.82, 2.24) is 10.2 Å². The molecule has 0 aliphatic rings. The normalized spacial score (nSPS) is 11.1. The summed E-state index contributed by atoms with van der Waals surface area (Å²) in [6.45, 7) is 0. The summed E-state index contributed by atoms with van der Waals surface area (Å²) in [6, 6.07) is 5.02. The van der Waals surface area contributed by atoms with Crippen molar-refractivity contribution >= 4 is 21.6 Å². The third kappa shape index (κ3) is 0.984.